The molecule has 112 valence electrons. The number of hydrogen-bond acceptors (Lipinski definition) is 5. The van der Waals surface area contributed by atoms with E-state index in [9.17, 15) is 10.1 Å². The van der Waals surface area contributed by atoms with Crippen LogP contribution in [0.5, 0.6) is 0 Å². The van der Waals surface area contributed by atoms with E-state index in [0.29, 0.717) is 24.9 Å². The van der Waals surface area contributed by atoms with Crippen LogP contribution in [-0.4, -0.2) is 24.2 Å². The quantitative estimate of drug-likeness (QED) is 0.493. The number of nitrogens with zero attached hydrogens (tertiary/aromatic N) is 2. The predicted octanol–water partition coefficient (Wildman–Crippen LogP) is 3.23. The lowest BCUT2D eigenvalue weighted by Gasteiger charge is -2.22. The zero-order chi connectivity index (χ0) is 15.1. The van der Waals surface area contributed by atoms with E-state index >= 15 is 0 Å². The Labute approximate surface area is 123 Å². The minimum atomic E-state index is -0.503. The van der Waals surface area contributed by atoms with Gasteiger partial charge in [-0.1, -0.05) is 19.3 Å². The van der Waals surface area contributed by atoms with Gasteiger partial charge in [0.25, 0.3) is 5.69 Å². The summed E-state index contributed by atoms with van der Waals surface area (Å²) in [5.41, 5.74) is 0.813. The fourth-order valence-electron chi connectivity index (χ4n) is 2.54. The molecule has 1 aliphatic rings. The Kier molecular flexibility index (Phi) is 5.52. The van der Waals surface area contributed by atoms with E-state index in [1.807, 2.05) is 6.07 Å². The van der Waals surface area contributed by atoms with Crippen molar-refractivity contribution in [3.63, 3.8) is 0 Å². The van der Waals surface area contributed by atoms with Crippen molar-refractivity contribution in [1.82, 2.24) is 0 Å². The van der Waals surface area contributed by atoms with Crippen LogP contribution in [0.1, 0.15) is 37.7 Å². The maximum atomic E-state index is 10.7. The van der Waals surface area contributed by atoms with Crippen LogP contribution in [0.3, 0.4) is 0 Å². The summed E-state index contributed by atoms with van der Waals surface area (Å²) in [5.74, 6) is 0. The normalized spacial score (nSPS) is 15.4. The summed E-state index contributed by atoms with van der Waals surface area (Å²) in [6.45, 7) is 1.16. The van der Waals surface area contributed by atoms with E-state index in [1.54, 1.807) is 6.07 Å². The molecule has 6 nitrogen and oxygen atoms in total. The van der Waals surface area contributed by atoms with E-state index in [2.05, 4.69) is 5.32 Å². The lowest BCUT2D eigenvalue weighted by atomic mass is 9.98. The van der Waals surface area contributed by atoms with E-state index in [1.165, 1.54) is 31.4 Å². The summed E-state index contributed by atoms with van der Waals surface area (Å²) in [4.78, 5) is 10.2. The maximum absolute atomic E-state index is 10.7. The van der Waals surface area contributed by atoms with Gasteiger partial charge in [-0.05, 0) is 18.9 Å². The first-order valence-corrected chi connectivity index (χ1v) is 7.24. The van der Waals surface area contributed by atoms with Crippen LogP contribution in [0.15, 0.2) is 18.2 Å². The molecule has 0 amide bonds. The van der Waals surface area contributed by atoms with Gasteiger partial charge in [-0.15, -0.1) is 0 Å². The van der Waals surface area contributed by atoms with Crippen LogP contribution in [0.4, 0.5) is 11.4 Å². The van der Waals surface area contributed by atoms with Crippen LogP contribution in [0.25, 0.3) is 0 Å². The van der Waals surface area contributed by atoms with Gasteiger partial charge in [0.05, 0.1) is 28.9 Å². The molecule has 1 fully saturated rings. The molecule has 6 heteroatoms. The van der Waals surface area contributed by atoms with Crippen LogP contribution in [-0.2, 0) is 4.74 Å². The van der Waals surface area contributed by atoms with E-state index < -0.39 is 4.92 Å². The largest absolute Gasteiger partial charge is 0.382 e. The number of nitriles is 1. The number of nitrogens with one attached hydrogen (secondary N) is 1. The number of nitro benzene ring substituents is 1. The van der Waals surface area contributed by atoms with Gasteiger partial charge in [0, 0.05) is 18.7 Å². The van der Waals surface area contributed by atoms with Gasteiger partial charge in [0.15, 0.2) is 0 Å². The molecule has 21 heavy (non-hydrogen) atoms. The molecule has 1 aliphatic carbocycles. The number of non-ortho nitro benzene ring substituents is 1. The zero-order valence-corrected chi connectivity index (χ0v) is 11.9. The highest BCUT2D eigenvalue weighted by molar-refractivity contribution is 5.61. The van der Waals surface area contributed by atoms with Gasteiger partial charge in [-0.2, -0.15) is 5.26 Å². The summed E-state index contributed by atoms with van der Waals surface area (Å²) >= 11 is 0. The van der Waals surface area contributed by atoms with Crippen molar-refractivity contribution in [2.45, 2.75) is 38.2 Å². The first-order chi connectivity index (χ1) is 10.2. The van der Waals surface area contributed by atoms with Crippen molar-refractivity contribution in [3.05, 3.63) is 33.9 Å². The minimum absolute atomic E-state index is 0.0736. The molecular formula is C15H19N3O3. The molecule has 1 aromatic carbocycles. The molecule has 0 unspecified atom stereocenters. The summed E-state index contributed by atoms with van der Waals surface area (Å²) in [7, 11) is 0. The molecule has 2 rings (SSSR count). The first kappa shape index (κ1) is 15.3. The number of anilines is 1. The predicted molar refractivity (Wildman–Crippen MR) is 79.1 cm³/mol. The smallest absolute Gasteiger partial charge is 0.270 e. The van der Waals surface area contributed by atoms with Gasteiger partial charge in [0.1, 0.15) is 6.07 Å². The first-order valence-electron chi connectivity index (χ1n) is 7.24. The Morgan fingerprint density at radius 2 is 2.14 bits per heavy atom. The molecule has 0 radical (unpaired) electrons. The molecule has 0 spiro atoms. The van der Waals surface area contributed by atoms with Crippen molar-refractivity contribution in [1.29, 1.82) is 5.26 Å². The third-order valence-corrected chi connectivity index (χ3v) is 3.66. The summed E-state index contributed by atoms with van der Waals surface area (Å²) in [5, 5.41) is 22.8. The van der Waals surface area contributed by atoms with Crippen molar-refractivity contribution < 1.29 is 9.66 Å². The number of ether oxygens (including phenoxy) is 1. The molecule has 1 saturated carbocycles. The topological polar surface area (TPSA) is 88.2 Å². The van der Waals surface area contributed by atoms with Crippen LogP contribution in [0, 0.1) is 21.4 Å². The van der Waals surface area contributed by atoms with Gasteiger partial charge >= 0.3 is 0 Å². The third-order valence-electron chi connectivity index (χ3n) is 3.66. The Morgan fingerprint density at radius 3 is 2.81 bits per heavy atom. The summed E-state index contributed by atoms with van der Waals surface area (Å²) < 4.78 is 5.79. The molecule has 0 aliphatic heterocycles. The fourth-order valence-corrected chi connectivity index (χ4v) is 2.54. The Morgan fingerprint density at radius 1 is 1.38 bits per heavy atom. The highest BCUT2D eigenvalue weighted by Crippen LogP contribution is 2.22. The molecule has 0 bridgehead atoms. The van der Waals surface area contributed by atoms with Crippen LogP contribution >= 0.6 is 0 Å². The molecule has 0 atom stereocenters. The highest BCUT2D eigenvalue weighted by atomic mass is 16.6. The molecule has 1 aromatic rings. The van der Waals surface area contributed by atoms with Gasteiger partial charge in [-0.25, -0.2) is 0 Å². The third kappa shape index (κ3) is 4.43. The summed E-state index contributed by atoms with van der Waals surface area (Å²) in [6.07, 6.45) is 6.37. The Balaban J connectivity index is 1.82. The van der Waals surface area contributed by atoms with Gasteiger partial charge in [0.2, 0.25) is 0 Å². The SMILES string of the molecule is N#Cc1cc([N+](=O)[O-])ccc1NCCOC1CCCCC1. The number of hydrogen-bond donors (Lipinski definition) is 1. The number of rotatable bonds is 6. The monoisotopic (exact) mass is 289 g/mol. The van der Waals surface area contributed by atoms with E-state index in [0.717, 1.165) is 12.8 Å². The van der Waals surface area contributed by atoms with E-state index in [4.69, 9.17) is 10.00 Å². The second-order valence-electron chi connectivity index (χ2n) is 5.16. The standard InChI is InChI=1S/C15H19N3O3/c16-11-12-10-13(18(19)20)6-7-15(12)17-8-9-21-14-4-2-1-3-5-14/h6-7,10,14,17H,1-5,8-9H2. The van der Waals surface area contributed by atoms with Crippen LogP contribution < -0.4 is 5.32 Å². The second-order valence-corrected chi connectivity index (χ2v) is 5.16. The number of nitro groups is 1. The molecule has 0 saturated heterocycles. The second kappa shape index (κ2) is 7.60. The van der Waals surface area contributed by atoms with Gasteiger partial charge in [-0.3, -0.25) is 10.1 Å². The number of benzene rings is 1. The van der Waals surface area contributed by atoms with Gasteiger partial charge < -0.3 is 10.1 Å². The molecule has 0 aromatic heterocycles. The zero-order valence-electron chi connectivity index (χ0n) is 11.9. The average molecular weight is 289 g/mol. The van der Waals surface area contributed by atoms with Crippen molar-refractivity contribution in [2.24, 2.45) is 0 Å². The molecule has 1 N–H and O–H groups in total. The van der Waals surface area contributed by atoms with Crippen molar-refractivity contribution in [3.8, 4) is 6.07 Å². The lowest BCUT2D eigenvalue weighted by molar-refractivity contribution is -0.384. The van der Waals surface area contributed by atoms with Crippen molar-refractivity contribution in [2.75, 3.05) is 18.5 Å². The van der Waals surface area contributed by atoms with Crippen molar-refractivity contribution >= 4 is 11.4 Å². The fraction of sp³-hybridized carbons (Fsp3) is 0.533. The maximum Gasteiger partial charge on any atom is 0.270 e. The van der Waals surface area contributed by atoms with Crippen LogP contribution in [0.2, 0.25) is 0 Å². The summed E-state index contributed by atoms with van der Waals surface area (Å²) in [6, 6.07) is 6.22. The Bertz CT molecular complexity index is 533. The minimum Gasteiger partial charge on any atom is -0.382 e. The molecular weight excluding hydrogens is 270 g/mol. The molecule has 0 heterocycles. The van der Waals surface area contributed by atoms with E-state index in [-0.39, 0.29) is 11.3 Å². The average Bonchev–Trinajstić information content (AvgIpc) is 2.52. The lowest BCUT2D eigenvalue weighted by Crippen LogP contribution is -2.20. The Hall–Kier alpha value is -2.13. The highest BCUT2D eigenvalue weighted by Gasteiger charge is 2.13.